The Labute approximate surface area is 87.1 Å². The summed E-state index contributed by atoms with van der Waals surface area (Å²) in [6, 6.07) is 2.44. The van der Waals surface area contributed by atoms with E-state index in [-0.39, 0.29) is 6.04 Å². The Bertz CT molecular complexity index is 251. The highest BCUT2D eigenvalue weighted by Crippen LogP contribution is 2.06. The minimum Gasteiger partial charge on any atom is -0.354 e. The largest absolute Gasteiger partial charge is 0.354 e. The molecule has 0 amide bonds. The number of aryl methyl sites for hydroxylation is 1. The maximum absolute atomic E-state index is 5.75. The monoisotopic (exact) mass is 194 g/mol. The molecule has 0 bridgehead atoms. The first kappa shape index (κ1) is 11.3. The molecular weight excluding hydrogens is 172 g/mol. The predicted molar refractivity (Wildman–Crippen MR) is 61.3 cm³/mol. The van der Waals surface area contributed by atoms with Crippen LogP contribution in [0.25, 0.3) is 0 Å². The Kier molecular flexibility index (Phi) is 4.74. The van der Waals surface area contributed by atoms with Gasteiger partial charge in [-0.05, 0) is 31.4 Å². The lowest BCUT2D eigenvalue weighted by atomic mass is 10.1. The second-order valence-electron chi connectivity index (χ2n) is 4.15. The van der Waals surface area contributed by atoms with Crippen molar-refractivity contribution in [2.24, 2.45) is 5.73 Å². The number of nitrogens with two attached hydrogens (primary N) is 1. The summed E-state index contributed by atoms with van der Waals surface area (Å²) in [6.45, 7) is 5.43. The predicted octanol–water partition coefficient (Wildman–Crippen LogP) is 2.57. The lowest BCUT2D eigenvalue weighted by Gasteiger charge is -2.02. The highest BCUT2D eigenvalue weighted by molar-refractivity contribution is 5.11. The first-order valence-corrected chi connectivity index (χ1v) is 5.62. The summed E-state index contributed by atoms with van der Waals surface area (Å²) in [5.74, 6) is 0. The Morgan fingerprint density at radius 1 is 1.43 bits per heavy atom. The summed E-state index contributed by atoms with van der Waals surface area (Å²) in [5.41, 5.74) is 7.10. The number of nitrogens with zero attached hydrogens (tertiary/aromatic N) is 1. The standard InChI is InChI=1S/C12H22N2/c1-3-4-5-7-14-8-6-12(10-14)9-11(2)13/h6,8,10-11H,3-5,7,9,13H2,1-2H3. The first-order valence-electron chi connectivity index (χ1n) is 5.62. The Morgan fingerprint density at radius 3 is 2.86 bits per heavy atom. The molecule has 1 heterocycles. The van der Waals surface area contributed by atoms with Gasteiger partial charge in [-0.3, -0.25) is 0 Å². The van der Waals surface area contributed by atoms with Crippen LogP contribution in [-0.2, 0) is 13.0 Å². The second-order valence-corrected chi connectivity index (χ2v) is 4.15. The molecule has 1 unspecified atom stereocenters. The van der Waals surface area contributed by atoms with Crippen LogP contribution in [0.4, 0.5) is 0 Å². The van der Waals surface area contributed by atoms with Crippen LogP contribution in [0.15, 0.2) is 18.5 Å². The molecule has 0 aliphatic rings. The van der Waals surface area contributed by atoms with Gasteiger partial charge in [-0.2, -0.15) is 0 Å². The van der Waals surface area contributed by atoms with Crippen LogP contribution in [0.3, 0.4) is 0 Å². The van der Waals surface area contributed by atoms with Crippen LogP contribution in [0.2, 0.25) is 0 Å². The maximum atomic E-state index is 5.75. The lowest BCUT2D eigenvalue weighted by molar-refractivity contribution is 0.603. The Hall–Kier alpha value is -0.760. The molecule has 0 aliphatic carbocycles. The third-order valence-electron chi connectivity index (χ3n) is 2.39. The normalized spacial score (nSPS) is 13.1. The van der Waals surface area contributed by atoms with Crippen molar-refractivity contribution in [2.45, 2.75) is 52.1 Å². The van der Waals surface area contributed by atoms with E-state index in [1.54, 1.807) is 0 Å². The van der Waals surface area contributed by atoms with E-state index in [1.165, 1.54) is 24.8 Å². The van der Waals surface area contributed by atoms with E-state index < -0.39 is 0 Å². The van der Waals surface area contributed by atoms with Crippen molar-refractivity contribution in [2.75, 3.05) is 0 Å². The lowest BCUT2D eigenvalue weighted by Crippen LogP contribution is -2.17. The zero-order valence-electron chi connectivity index (χ0n) is 9.37. The van der Waals surface area contributed by atoms with Gasteiger partial charge < -0.3 is 10.3 Å². The minimum absolute atomic E-state index is 0.265. The molecule has 0 fully saturated rings. The number of hydrogen-bond donors (Lipinski definition) is 1. The highest BCUT2D eigenvalue weighted by atomic mass is 14.9. The third-order valence-corrected chi connectivity index (χ3v) is 2.39. The number of unbranched alkanes of at least 4 members (excludes halogenated alkanes) is 2. The molecule has 14 heavy (non-hydrogen) atoms. The topological polar surface area (TPSA) is 30.9 Å². The molecule has 0 saturated carbocycles. The van der Waals surface area contributed by atoms with E-state index in [4.69, 9.17) is 5.73 Å². The smallest absolute Gasteiger partial charge is 0.0219 e. The van der Waals surface area contributed by atoms with Crippen molar-refractivity contribution in [3.8, 4) is 0 Å². The summed E-state index contributed by atoms with van der Waals surface area (Å²) in [6.07, 6.45) is 9.25. The average Bonchev–Trinajstić information content (AvgIpc) is 2.52. The fraction of sp³-hybridized carbons (Fsp3) is 0.667. The fourth-order valence-corrected chi connectivity index (χ4v) is 1.67. The van der Waals surface area contributed by atoms with Gasteiger partial charge in [0.1, 0.15) is 0 Å². The summed E-state index contributed by atoms with van der Waals surface area (Å²) in [5, 5.41) is 0. The van der Waals surface area contributed by atoms with Crippen molar-refractivity contribution in [3.05, 3.63) is 24.0 Å². The van der Waals surface area contributed by atoms with Gasteiger partial charge in [-0.1, -0.05) is 19.8 Å². The van der Waals surface area contributed by atoms with Crippen molar-refractivity contribution >= 4 is 0 Å². The van der Waals surface area contributed by atoms with E-state index >= 15 is 0 Å². The van der Waals surface area contributed by atoms with E-state index in [2.05, 4.69) is 36.9 Å². The molecule has 0 radical (unpaired) electrons. The zero-order chi connectivity index (χ0) is 10.4. The van der Waals surface area contributed by atoms with Gasteiger partial charge in [0.15, 0.2) is 0 Å². The summed E-state index contributed by atoms with van der Waals surface area (Å²) in [7, 11) is 0. The number of rotatable bonds is 6. The molecule has 0 saturated heterocycles. The molecular formula is C12H22N2. The summed E-state index contributed by atoms with van der Waals surface area (Å²) < 4.78 is 2.27. The number of aromatic nitrogens is 1. The molecule has 0 aliphatic heterocycles. The molecule has 2 N–H and O–H groups in total. The van der Waals surface area contributed by atoms with Gasteiger partial charge in [0.25, 0.3) is 0 Å². The minimum atomic E-state index is 0.265. The van der Waals surface area contributed by atoms with Gasteiger partial charge in [0, 0.05) is 25.0 Å². The van der Waals surface area contributed by atoms with Crippen LogP contribution in [0.5, 0.6) is 0 Å². The van der Waals surface area contributed by atoms with Gasteiger partial charge in [-0.25, -0.2) is 0 Å². The van der Waals surface area contributed by atoms with Crippen molar-refractivity contribution < 1.29 is 0 Å². The van der Waals surface area contributed by atoms with Crippen LogP contribution in [-0.4, -0.2) is 10.6 Å². The molecule has 0 aromatic carbocycles. The zero-order valence-corrected chi connectivity index (χ0v) is 9.37. The quantitative estimate of drug-likeness (QED) is 0.693. The molecule has 2 heteroatoms. The molecule has 1 aromatic heterocycles. The molecule has 0 spiro atoms. The summed E-state index contributed by atoms with van der Waals surface area (Å²) >= 11 is 0. The summed E-state index contributed by atoms with van der Waals surface area (Å²) in [4.78, 5) is 0. The van der Waals surface area contributed by atoms with E-state index in [9.17, 15) is 0 Å². The van der Waals surface area contributed by atoms with E-state index in [0.717, 1.165) is 13.0 Å². The van der Waals surface area contributed by atoms with Crippen LogP contribution in [0.1, 0.15) is 38.7 Å². The first-order chi connectivity index (χ1) is 6.72. The molecule has 1 aromatic rings. The molecule has 1 atom stereocenters. The van der Waals surface area contributed by atoms with E-state index in [1.807, 2.05) is 0 Å². The average molecular weight is 194 g/mol. The number of hydrogen-bond acceptors (Lipinski definition) is 1. The van der Waals surface area contributed by atoms with Crippen molar-refractivity contribution in [3.63, 3.8) is 0 Å². The molecule has 80 valence electrons. The van der Waals surface area contributed by atoms with Gasteiger partial charge in [0.2, 0.25) is 0 Å². The van der Waals surface area contributed by atoms with Gasteiger partial charge in [-0.15, -0.1) is 0 Å². The maximum Gasteiger partial charge on any atom is 0.0219 e. The van der Waals surface area contributed by atoms with Crippen molar-refractivity contribution in [1.82, 2.24) is 4.57 Å². The van der Waals surface area contributed by atoms with Crippen LogP contribution in [0, 0.1) is 0 Å². The van der Waals surface area contributed by atoms with Crippen LogP contribution < -0.4 is 5.73 Å². The van der Waals surface area contributed by atoms with Gasteiger partial charge in [0.05, 0.1) is 0 Å². The Morgan fingerprint density at radius 2 is 2.21 bits per heavy atom. The van der Waals surface area contributed by atoms with E-state index in [0.29, 0.717) is 0 Å². The second kappa shape index (κ2) is 5.86. The SMILES string of the molecule is CCCCCn1ccc(CC(C)N)c1. The van der Waals surface area contributed by atoms with Crippen molar-refractivity contribution in [1.29, 1.82) is 0 Å². The third kappa shape index (κ3) is 3.97. The van der Waals surface area contributed by atoms with Gasteiger partial charge >= 0.3 is 0 Å². The molecule has 1 rings (SSSR count). The fourth-order valence-electron chi connectivity index (χ4n) is 1.67. The highest BCUT2D eigenvalue weighted by Gasteiger charge is 1.99. The van der Waals surface area contributed by atoms with Crippen LogP contribution >= 0.6 is 0 Å². The molecule has 2 nitrogen and oxygen atoms in total. The Balaban J connectivity index is 2.35.